The topological polar surface area (TPSA) is 82.0 Å². The zero-order valence-corrected chi connectivity index (χ0v) is 16.0. The van der Waals surface area contributed by atoms with Crippen molar-refractivity contribution in [2.45, 2.75) is 13.5 Å². The average Bonchev–Trinajstić information content (AvgIpc) is 3.12. The summed E-state index contributed by atoms with van der Waals surface area (Å²) in [5.74, 6) is 2.92. The van der Waals surface area contributed by atoms with E-state index in [9.17, 15) is 0 Å². The van der Waals surface area contributed by atoms with Crippen LogP contribution in [0.5, 0.6) is 11.5 Å². The van der Waals surface area contributed by atoms with Gasteiger partial charge in [-0.25, -0.2) is 15.0 Å². The summed E-state index contributed by atoms with van der Waals surface area (Å²) in [6, 6.07) is 8.08. The Morgan fingerprint density at radius 2 is 1.96 bits per heavy atom. The molecule has 1 N–H and O–H groups in total. The van der Waals surface area contributed by atoms with E-state index < -0.39 is 0 Å². The number of aromatic nitrogens is 4. The summed E-state index contributed by atoms with van der Waals surface area (Å²) in [7, 11) is 0. The van der Waals surface area contributed by atoms with E-state index in [1.807, 2.05) is 18.2 Å². The van der Waals surface area contributed by atoms with Gasteiger partial charge in [0.05, 0.1) is 11.6 Å². The van der Waals surface area contributed by atoms with Gasteiger partial charge in [-0.3, -0.25) is 4.98 Å². The van der Waals surface area contributed by atoms with E-state index in [0.717, 1.165) is 33.1 Å². The molecule has 0 fully saturated rings. The van der Waals surface area contributed by atoms with Crippen LogP contribution in [0.25, 0.3) is 21.7 Å². The highest BCUT2D eigenvalue weighted by Gasteiger charge is 2.14. The summed E-state index contributed by atoms with van der Waals surface area (Å²) in [6.07, 6.45) is 4.95. The van der Waals surface area contributed by atoms with Crippen molar-refractivity contribution >= 4 is 27.4 Å². The van der Waals surface area contributed by atoms with Crippen molar-refractivity contribution in [1.29, 1.82) is 0 Å². The second-order valence-corrected chi connectivity index (χ2v) is 7.63. The van der Waals surface area contributed by atoms with Crippen LogP contribution < -0.4 is 14.8 Å². The summed E-state index contributed by atoms with van der Waals surface area (Å²) in [6.45, 7) is 3.84. The Morgan fingerprint density at radius 3 is 2.82 bits per heavy atom. The van der Waals surface area contributed by atoms with E-state index in [4.69, 9.17) is 14.5 Å². The van der Waals surface area contributed by atoms with E-state index in [1.54, 1.807) is 29.9 Å². The van der Waals surface area contributed by atoms with Gasteiger partial charge in [0.1, 0.15) is 29.6 Å². The number of nitrogens with zero attached hydrogens (tertiary/aromatic N) is 4. The molecule has 4 aromatic rings. The standard InChI is InChI=1S/C20H17N5O2S/c1-12-8-14-18(23-10-13-2-3-16-17(9-13)27-7-6-26-16)24-19(25-20(14)28-12)15-11-21-4-5-22-15/h2-5,8-9,11H,6-7,10H2,1H3,(H,23,24,25). The summed E-state index contributed by atoms with van der Waals surface area (Å²) < 4.78 is 11.3. The zero-order chi connectivity index (χ0) is 18.9. The summed E-state index contributed by atoms with van der Waals surface area (Å²) in [5, 5.41) is 4.45. The van der Waals surface area contributed by atoms with Gasteiger partial charge >= 0.3 is 0 Å². The molecule has 28 heavy (non-hydrogen) atoms. The van der Waals surface area contributed by atoms with Gasteiger partial charge in [0.25, 0.3) is 0 Å². The lowest BCUT2D eigenvalue weighted by atomic mass is 10.2. The fraction of sp³-hybridized carbons (Fsp3) is 0.200. The van der Waals surface area contributed by atoms with Crippen LogP contribution in [0.3, 0.4) is 0 Å². The molecule has 1 aliphatic rings. The highest BCUT2D eigenvalue weighted by atomic mass is 32.1. The molecule has 1 aliphatic heterocycles. The maximum atomic E-state index is 5.67. The summed E-state index contributed by atoms with van der Waals surface area (Å²) in [5.41, 5.74) is 1.74. The molecule has 3 aromatic heterocycles. The second-order valence-electron chi connectivity index (χ2n) is 6.39. The minimum Gasteiger partial charge on any atom is -0.486 e. The Hall–Kier alpha value is -3.26. The largest absolute Gasteiger partial charge is 0.486 e. The van der Waals surface area contributed by atoms with Gasteiger partial charge in [0.2, 0.25) is 0 Å². The van der Waals surface area contributed by atoms with Crippen LogP contribution in [0.2, 0.25) is 0 Å². The van der Waals surface area contributed by atoms with Crippen LogP contribution in [0, 0.1) is 6.92 Å². The molecule has 0 aliphatic carbocycles. The highest BCUT2D eigenvalue weighted by Crippen LogP contribution is 2.33. The van der Waals surface area contributed by atoms with Crippen LogP contribution in [-0.4, -0.2) is 33.1 Å². The van der Waals surface area contributed by atoms with Crippen molar-refractivity contribution in [1.82, 2.24) is 19.9 Å². The van der Waals surface area contributed by atoms with Crippen molar-refractivity contribution in [3.05, 3.63) is 53.3 Å². The van der Waals surface area contributed by atoms with Crippen LogP contribution in [0.15, 0.2) is 42.9 Å². The molecule has 140 valence electrons. The molecule has 7 nitrogen and oxygen atoms in total. The molecular weight excluding hydrogens is 374 g/mol. The molecule has 8 heteroatoms. The molecule has 0 saturated heterocycles. The van der Waals surface area contributed by atoms with Crippen LogP contribution in [0.4, 0.5) is 5.82 Å². The van der Waals surface area contributed by atoms with Gasteiger partial charge in [0.15, 0.2) is 17.3 Å². The monoisotopic (exact) mass is 391 g/mol. The Labute approximate surface area is 165 Å². The van der Waals surface area contributed by atoms with E-state index >= 15 is 0 Å². The lowest BCUT2D eigenvalue weighted by molar-refractivity contribution is 0.171. The molecule has 0 saturated carbocycles. The summed E-state index contributed by atoms with van der Waals surface area (Å²) >= 11 is 1.64. The molecule has 0 unspecified atom stereocenters. The first-order valence-corrected chi connectivity index (χ1v) is 9.75. The summed E-state index contributed by atoms with van der Waals surface area (Å²) in [4.78, 5) is 19.9. The fourth-order valence-corrected chi connectivity index (χ4v) is 3.97. The SMILES string of the molecule is Cc1cc2c(NCc3ccc4c(c3)OCCO4)nc(-c3cnccn3)nc2s1. The molecular formula is C20H17N5O2S. The number of benzene rings is 1. The third-order valence-electron chi connectivity index (χ3n) is 4.37. The number of nitrogens with one attached hydrogen (secondary N) is 1. The normalized spacial score (nSPS) is 12.9. The number of fused-ring (bicyclic) bond motifs is 2. The number of thiophene rings is 1. The fourth-order valence-electron chi connectivity index (χ4n) is 3.09. The van der Waals surface area contributed by atoms with Gasteiger partial charge in [-0.2, -0.15) is 0 Å². The first kappa shape index (κ1) is 16.9. The minimum absolute atomic E-state index is 0.562. The van der Waals surface area contributed by atoms with Crippen molar-refractivity contribution in [2.24, 2.45) is 0 Å². The van der Waals surface area contributed by atoms with Crippen LogP contribution in [0.1, 0.15) is 10.4 Å². The molecule has 1 aromatic carbocycles. The number of hydrogen-bond acceptors (Lipinski definition) is 8. The molecule has 0 amide bonds. The van der Waals surface area contributed by atoms with Crippen LogP contribution in [-0.2, 0) is 6.54 Å². The number of rotatable bonds is 4. The van der Waals surface area contributed by atoms with Crippen molar-refractivity contribution in [3.63, 3.8) is 0 Å². The van der Waals surface area contributed by atoms with Crippen molar-refractivity contribution in [2.75, 3.05) is 18.5 Å². The maximum Gasteiger partial charge on any atom is 0.183 e. The molecule has 0 bridgehead atoms. The Kier molecular flexibility index (Phi) is 4.25. The van der Waals surface area contributed by atoms with E-state index in [-0.39, 0.29) is 0 Å². The second kappa shape index (κ2) is 7.05. The van der Waals surface area contributed by atoms with Gasteiger partial charge < -0.3 is 14.8 Å². The zero-order valence-electron chi connectivity index (χ0n) is 15.2. The predicted molar refractivity (Wildman–Crippen MR) is 108 cm³/mol. The first-order valence-electron chi connectivity index (χ1n) is 8.93. The Balaban J connectivity index is 1.48. The lowest BCUT2D eigenvalue weighted by Gasteiger charge is -2.19. The van der Waals surface area contributed by atoms with E-state index in [0.29, 0.717) is 31.3 Å². The molecule has 0 spiro atoms. The Morgan fingerprint density at radius 1 is 1.07 bits per heavy atom. The van der Waals surface area contributed by atoms with Gasteiger partial charge in [-0.05, 0) is 30.7 Å². The van der Waals surface area contributed by atoms with Gasteiger partial charge in [0, 0.05) is 23.8 Å². The smallest absolute Gasteiger partial charge is 0.183 e. The number of aryl methyl sites for hydroxylation is 1. The van der Waals surface area contributed by atoms with Crippen molar-refractivity contribution < 1.29 is 9.47 Å². The van der Waals surface area contributed by atoms with E-state index in [1.165, 1.54) is 4.88 Å². The highest BCUT2D eigenvalue weighted by molar-refractivity contribution is 7.18. The lowest BCUT2D eigenvalue weighted by Crippen LogP contribution is -2.15. The molecule has 0 radical (unpaired) electrons. The molecule has 5 rings (SSSR count). The number of hydrogen-bond donors (Lipinski definition) is 1. The molecule has 0 atom stereocenters. The first-order chi connectivity index (χ1) is 13.8. The van der Waals surface area contributed by atoms with Gasteiger partial charge in [-0.1, -0.05) is 6.07 Å². The minimum atomic E-state index is 0.562. The van der Waals surface area contributed by atoms with Crippen LogP contribution >= 0.6 is 11.3 Å². The predicted octanol–water partition coefficient (Wildman–Crippen LogP) is 3.84. The quantitative estimate of drug-likeness (QED) is 0.566. The molecule has 4 heterocycles. The average molecular weight is 391 g/mol. The Bertz CT molecular complexity index is 1150. The number of anilines is 1. The van der Waals surface area contributed by atoms with Crippen molar-refractivity contribution in [3.8, 4) is 23.0 Å². The maximum absolute atomic E-state index is 5.67. The van der Waals surface area contributed by atoms with E-state index in [2.05, 4.69) is 33.3 Å². The third-order valence-corrected chi connectivity index (χ3v) is 5.32. The third kappa shape index (κ3) is 3.22. The van der Waals surface area contributed by atoms with Gasteiger partial charge in [-0.15, -0.1) is 11.3 Å². The number of ether oxygens (including phenoxy) is 2.